The molecule has 74 heavy (non-hydrogen) atoms. The molecule has 0 aliphatic carbocycles. The average Bonchev–Trinajstić information content (AvgIpc) is 3.87. The second kappa shape index (κ2) is 19.2. The molecule has 2 heterocycles. The Balaban J connectivity index is 1.03. The maximum atomic E-state index is 6.35. The minimum Gasteiger partial charge on any atom is -0.456 e. The number of furan rings is 1. The van der Waals surface area contributed by atoms with Crippen molar-refractivity contribution in [3.05, 3.63) is 285 Å². The van der Waals surface area contributed by atoms with E-state index in [0.717, 1.165) is 83.1 Å². The first-order valence-corrected chi connectivity index (χ1v) is 27.1. The fourth-order valence-electron chi connectivity index (χ4n) is 10.8. The van der Waals surface area contributed by atoms with Crippen molar-refractivity contribution in [2.75, 3.05) is 0 Å². The van der Waals surface area contributed by atoms with Crippen LogP contribution in [0.4, 0.5) is 0 Å². The smallest absolute Gasteiger partial charge is 0.179 e. The molecule has 13 rings (SSSR count). The molecule has 0 unspecified atom stereocenters. The third-order valence-electron chi connectivity index (χ3n) is 14.3. The summed E-state index contributed by atoms with van der Waals surface area (Å²) in [6.45, 7) is 0. The number of para-hydroxylation sites is 1. The van der Waals surface area contributed by atoms with Crippen molar-refractivity contribution in [2.45, 2.75) is 0 Å². The molecule has 0 fully saturated rings. The van der Waals surface area contributed by atoms with Gasteiger partial charge in [-0.05, 0) is 102 Å². The van der Waals surface area contributed by atoms with Gasteiger partial charge in [-0.3, -0.25) is 0 Å². The van der Waals surface area contributed by atoms with Crippen LogP contribution in [-0.2, 0) is 0 Å². The Bertz CT molecular complexity index is 4010. The lowest BCUT2D eigenvalue weighted by molar-refractivity contribution is 0.669. The molecule has 0 aliphatic heterocycles. The van der Waals surface area contributed by atoms with Gasteiger partial charge in [0, 0.05) is 27.5 Å². The van der Waals surface area contributed by atoms with E-state index in [-0.39, 0.29) is 0 Å². The summed E-state index contributed by atoms with van der Waals surface area (Å²) in [6, 6.07) is 102. The van der Waals surface area contributed by atoms with Crippen LogP contribution < -0.4 is 20.7 Å². The molecule has 0 amide bonds. The highest BCUT2D eigenvalue weighted by atomic mass is 28.3. The maximum absolute atomic E-state index is 6.35. The summed E-state index contributed by atoms with van der Waals surface area (Å²) < 4.78 is 6.35. The zero-order valence-electron chi connectivity index (χ0n) is 40.4. The van der Waals surface area contributed by atoms with E-state index < -0.39 is 8.07 Å². The molecule has 0 saturated heterocycles. The van der Waals surface area contributed by atoms with E-state index in [1.807, 2.05) is 54.6 Å². The van der Waals surface area contributed by atoms with Gasteiger partial charge in [0.05, 0.1) is 0 Å². The van der Waals surface area contributed by atoms with Gasteiger partial charge < -0.3 is 4.42 Å². The van der Waals surface area contributed by atoms with Crippen LogP contribution in [-0.4, -0.2) is 23.0 Å². The average molecular weight is 962 g/mol. The predicted octanol–water partition coefficient (Wildman–Crippen LogP) is 14.8. The third-order valence-corrected chi connectivity index (χ3v) is 19.0. The fraction of sp³-hybridized carbons (Fsp3) is 0. The number of aromatic nitrogens is 3. The fourth-order valence-corrected chi connectivity index (χ4v) is 15.6. The molecule has 11 aromatic carbocycles. The van der Waals surface area contributed by atoms with Crippen molar-refractivity contribution in [1.82, 2.24) is 15.0 Å². The van der Waals surface area contributed by atoms with E-state index in [1.54, 1.807) is 0 Å². The van der Waals surface area contributed by atoms with E-state index >= 15 is 0 Å². The molecule has 0 aliphatic rings. The summed E-state index contributed by atoms with van der Waals surface area (Å²) in [6.07, 6.45) is 0. The maximum Gasteiger partial charge on any atom is 0.179 e. The lowest BCUT2D eigenvalue weighted by Crippen LogP contribution is -2.74. The van der Waals surface area contributed by atoms with E-state index in [1.165, 1.54) is 20.7 Å². The van der Waals surface area contributed by atoms with Crippen LogP contribution >= 0.6 is 0 Å². The van der Waals surface area contributed by atoms with Crippen LogP contribution in [0.2, 0.25) is 0 Å². The SMILES string of the molecule is c1ccc(-c2cc(-c3cccc(-c4nc(-c5ccccc5)nc(-c5ccc6c(c5)oc5ccccc56)n4)c3)c(-c3ccccc3)c(-c3cccc([Si](c4ccccc4)(c4ccccc4)c4ccccc4)c3)c2)cc1. The Morgan fingerprint density at radius 1 is 0.243 bits per heavy atom. The van der Waals surface area contributed by atoms with Crippen molar-refractivity contribution < 1.29 is 4.42 Å². The van der Waals surface area contributed by atoms with E-state index in [2.05, 4.69) is 231 Å². The number of hydrogen-bond donors (Lipinski definition) is 0. The van der Waals surface area contributed by atoms with Gasteiger partial charge >= 0.3 is 0 Å². The number of nitrogens with zero attached hydrogens (tertiary/aromatic N) is 3. The van der Waals surface area contributed by atoms with Crippen molar-refractivity contribution >= 4 is 50.8 Å². The number of hydrogen-bond acceptors (Lipinski definition) is 4. The van der Waals surface area contributed by atoms with Crippen molar-refractivity contribution in [2.24, 2.45) is 0 Å². The summed E-state index contributed by atoms with van der Waals surface area (Å²) in [5.41, 5.74) is 13.2. The molecule has 0 spiro atoms. The Hall–Kier alpha value is -9.55. The molecular weight excluding hydrogens is 915 g/mol. The van der Waals surface area contributed by atoms with Crippen LogP contribution in [0.25, 0.3) is 101 Å². The molecule has 13 aromatic rings. The molecular formula is C69H47N3OSi. The second-order valence-electron chi connectivity index (χ2n) is 18.7. The number of benzene rings is 11. The molecule has 0 N–H and O–H groups in total. The topological polar surface area (TPSA) is 51.8 Å². The molecule has 4 nitrogen and oxygen atoms in total. The summed E-state index contributed by atoms with van der Waals surface area (Å²) in [5, 5.41) is 7.44. The largest absolute Gasteiger partial charge is 0.456 e. The van der Waals surface area contributed by atoms with Crippen LogP contribution in [0.5, 0.6) is 0 Å². The molecule has 0 saturated carbocycles. The first-order valence-electron chi connectivity index (χ1n) is 25.1. The van der Waals surface area contributed by atoms with Crippen LogP contribution in [0.15, 0.2) is 290 Å². The Morgan fingerprint density at radius 3 is 1.23 bits per heavy atom. The quantitative estimate of drug-likeness (QED) is 0.0957. The van der Waals surface area contributed by atoms with E-state index in [9.17, 15) is 0 Å². The Morgan fingerprint density at radius 2 is 0.649 bits per heavy atom. The molecule has 2 aromatic heterocycles. The van der Waals surface area contributed by atoms with Crippen LogP contribution in [0.3, 0.4) is 0 Å². The lowest BCUT2D eigenvalue weighted by atomic mass is 9.84. The monoisotopic (exact) mass is 961 g/mol. The molecule has 0 radical (unpaired) electrons. The van der Waals surface area contributed by atoms with Gasteiger partial charge in [-0.15, -0.1) is 0 Å². The third kappa shape index (κ3) is 8.12. The minimum absolute atomic E-state index is 0.570. The zero-order chi connectivity index (χ0) is 49.3. The first kappa shape index (κ1) is 44.4. The lowest BCUT2D eigenvalue weighted by Gasteiger charge is -2.34. The minimum atomic E-state index is -2.87. The predicted molar refractivity (Wildman–Crippen MR) is 309 cm³/mol. The Labute approximate surface area is 431 Å². The molecule has 348 valence electrons. The summed E-state index contributed by atoms with van der Waals surface area (Å²) >= 11 is 0. The summed E-state index contributed by atoms with van der Waals surface area (Å²) in [5.74, 6) is 1.75. The molecule has 0 atom stereocenters. The van der Waals surface area contributed by atoms with Crippen LogP contribution in [0.1, 0.15) is 0 Å². The Kier molecular flexibility index (Phi) is 11.5. The van der Waals surface area contributed by atoms with Gasteiger partial charge in [-0.2, -0.15) is 0 Å². The summed E-state index contributed by atoms with van der Waals surface area (Å²) in [7, 11) is -2.87. The number of fused-ring (bicyclic) bond motifs is 3. The van der Waals surface area contributed by atoms with E-state index in [4.69, 9.17) is 19.4 Å². The highest BCUT2D eigenvalue weighted by Crippen LogP contribution is 2.44. The van der Waals surface area contributed by atoms with Gasteiger partial charge in [0.2, 0.25) is 0 Å². The zero-order valence-corrected chi connectivity index (χ0v) is 41.4. The number of rotatable bonds is 11. The highest BCUT2D eigenvalue weighted by Gasteiger charge is 2.41. The summed E-state index contributed by atoms with van der Waals surface area (Å²) in [4.78, 5) is 15.6. The van der Waals surface area contributed by atoms with Crippen molar-refractivity contribution in [3.63, 3.8) is 0 Å². The van der Waals surface area contributed by atoms with Crippen molar-refractivity contribution in [1.29, 1.82) is 0 Å². The second-order valence-corrected chi connectivity index (χ2v) is 22.5. The van der Waals surface area contributed by atoms with Gasteiger partial charge in [0.1, 0.15) is 11.2 Å². The molecule has 5 heteroatoms. The van der Waals surface area contributed by atoms with Crippen LogP contribution in [0, 0.1) is 0 Å². The van der Waals surface area contributed by atoms with E-state index in [0.29, 0.717) is 17.5 Å². The highest BCUT2D eigenvalue weighted by molar-refractivity contribution is 7.19. The van der Waals surface area contributed by atoms with Crippen molar-refractivity contribution in [3.8, 4) is 78.7 Å². The first-order chi connectivity index (χ1) is 36.7. The molecule has 0 bridgehead atoms. The normalized spacial score (nSPS) is 11.5. The standard InChI is InChI=1S/C69H47N3OSi/c1-7-23-48(24-8-1)55-45-62(51-29-21-31-53(43-51)68-70-67(50-27-11-3-12-28-50)71-69(72-68)54-41-42-61-60-39-19-20-40-64(60)73-65(61)47-54)66(49-25-9-2-10-26-49)63(46-55)52-30-22-38-59(44-52)74(56-32-13-4-14-33-56,57-34-15-5-16-35-57)58-36-17-6-18-37-58/h1-47H. The van der Waals surface area contributed by atoms with Gasteiger partial charge in [-0.1, -0.05) is 249 Å². The van der Waals surface area contributed by atoms with Gasteiger partial charge in [-0.25, -0.2) is 15.0 Å². The van der Waals surface area contributed by atoms with Gasteiger partial charge in [0.25, 0.3) is 0 Å². The van der Waals surface area contributed by atoms with Gasteiger partial charge in [0.15, 0.2) is 25.5 Å².